The van der Waals surface area contributed by atoms with Crippen molar-refractivity contribution in [1.29, 1.82) is 0 Å². The Labute approximate surface area is 138 Å². The van der Waals surface area contributed by atoms with Crippen LogP contribution in [0.25, 0.3) is 11.0 Å². The van der Waals surface area contributed by atoms with E-state index in [-0.39, 0.29) is 54.5 Å². The average Bonchev–Trinajstić information content (AvgIpc) is 2.13. The van der Waals surface area contributed by atoms with Gasteiger partial charge in [0.25, 0.3) is 0 Å². The molecule has 0 aliphatic rings. The van der Waals surface area contributed by atoms with Gasteiger partial charge < -0.3 is 28.8 Å². The molecule has 0 atom stereocenters. The van der Waals surface area contributed by atoms with Gasteiger partial charge in [-0.15, -0.1) is 0 Å². The van der Waals surface area contributed by atoms with Crippen LogP contribution < -0.4 is 57.7 Å². The number of benzene rings is 1. The summed E-state index contributed by atoms with van der Waals surface area (Å²) in [6.45, 7) is 1.71. The van der Waals surface area contributed by atoms with Crippen LogP contribution in [0.1, 0.15) is 5.56 Å². The fourth-order valence-corrected chi connectivity index (χ4v) is 1.86. The monoisotopic (exact) mass is 286 g/mol. The van der Waals surface area contributed by atoms with Crippen molar-refractivity contribution < 1.29 is 66.5 Å². The fourth-order valence-electron chi connectivity index (χ4n) is 1.49. The summed E-state index contributed by atoms with van der Waals surface area (Å²) >= 11 is 0. The molecular formula is C10H9Li2O7P. The zero-order valence-electron chi connectivity index (χ0n) is 11.2. The van der Waals surface area contributed by atoms with Crippen LogP contribution in [0, 0.1) is 6.92 Å². The normalized spacial score (nSPS) is 9.95. The summed E-state index contributed by atoms with van der Waals surface area (Å²) in [5.41, 5.74) is 0.302. The first-order chi connectivity index (χ1) is 7.85. The van der Waals surface area contributed by atoms with E-state index >= 15 is 0 Å². The molecule has 0 aliphatic heterocycles. The molecule has 1 aromatic carbocycles. The Bertz CT molecular complexity index is 679. The molecule has 1 heterocycles. The van der Waals surface area contributed by atoms with Crippen molar-refractivity contribution in [3.8, 4) is 5.75 Å². The summed E-state index contributed by atoms with van der Waals surface area (Å²) in [6, 6.07) is 5.33. The molecule has 7 nitrogen and oxygen atoms in total. The van der Waals surface area contributed by atoms with Crippen molar-refractivity contribution in [2.24, 2.45) is 0 Å². The number of phosphoric ester groups is 1. The van der Waals surface area contributed by atoms with Crippen molar-refractivity contribution in [2.75, 3.05) is 0 Å². The Morgan fingerprint density at radius 3 is 2.35 bits per heavy atom. The molecule has 2 aromatic rings. The Kier molecular flexibility index (Phi) is 8.83. The standard InChI is InChI=1S/C10H9O6P.2Li.H2O/c1-6-4-10(11)15-9-5-7(2-3-8(6)9)16-17(12,13)14;;;/h2-5H,1H3,(H2,12,13,14);;;1H2/q;2*+1;/p-2. The fraction of sp³-hybridized carbons (Fsp3) is 0.100. The number of aryl methyl sites for hydroxylation is 1. The largest absolute Gasteiger partial charge is 1.00 e. The quantitative estimate of drug-likeness (QED) is 0.306. The summed E-state index contributed by atoms with van der Waals surface area (Å²) in [5.74, 6) is -0.181. The summed E-state index contributed by atoms with van der Waals surface area (Å²) in [4.78, 5) is 32.0. The molecule has 20 heavy (non-hydrogen) atoms. The molecule has 0 aliphatic carbocycles. The molecule has 0 bridgehead atoms. The van der Waals surface area contributed by atoms with Gasteiger partial charge in [-0.25, -0.2) is 4.79 Å². The topological polar surface area (TPSA) is 134 Å². The van der Waals surface area contributed by atoms with Crippen LogP contribution in [-0.4, -0.2) is 5.48 Å². The third-order valence-corrected chi connectivity index (χ3v) is 2.57. The maximum Gasteiger partial charge on any atom is 1.00 e. The third-order valence-electron chi connectivity index (χ3n) is 2.14. The van der Waals surface area contributed by atoms with E-state index in [2.05, 4.69) is 4.52 Å². The van der Waals surface area contributed by atoms with Gasteiger partial charge in [0.15, 0.2) is 0 Å². The average molecular weight is 286 g/mol. The van der Waals surface area contributed by atoms with Crippen LogP contribution in [0.4, 0.5) is 0 Å². The van der Waals surface area contributed by atoms with Crippen LogP contribution in [-0.2, 0) is 4.57 Å². The molecule has 0 unspecified atom stereocenters. The zero-order valence-corrected chi connectivity index (χ0v) is 12.1. The molecule has 10 heteroatoms. The van der Waals surface area contributed by atoms with Gasteiger partial charge in [0.2, 0.25) is 0 Å². The number of hydrogen-bond acceptors (Lipinski definition) is 6. The van der Waals surface area contributed by atoms with Crippen molar-refractivity contribution >= 4 is 18.8 Å². The SMILES string of the molecule is Cc1cc(=O)oc2cc(OP(=O)([O-])[O-])ccc12.O.[Li+].[Li+]. The maximum absolute atomic E-state index is 11.1. The van der Waals surface area contributed by atoms with Crippen LogP contribution in [0.15, 0.2) is 33.5 Å². The van der Waals surface area contributed by atoms with Crippen molar-refractivity contribution in [1.82, 2.24) is 0 Å². The van der Waals surface area contributed by atoms with Gasteiger partial charge in [-0.05, 0) is 24.6 Å². The van der Waals surface area contributed by atoms with Gasteiger partial charge in [-0.3, -0.25) is 0 Å². The number of fused-ring (bicyclic) bond motifs is 1. The first kappa shape index (κ1) is 21.8. The van der Waals surface area contributed by atoms with E-state index in [1.807, 2.05) is 0 Å². The van der Waals surface area contributed by atoms with Crippen LogP contribution >= 0.6 is 7.82 Å². The first-order valence-electron chi connectivity index (χ1n) is 4.61. The Morgan fingerprint density at radius 2 is 1.80 bits per heavy atom. The predicted octanol–water partition coefficient (Wildman–Crippen LogP) is -6.51. The van der Waals surface area contributed by atoms with Gasteiger partial charge in [0.05, 0.1) is 0 Å². The number of hydrogen-bond donors (Lipinski definition) is 0. The minimum atomic E-state index is -5.11. The molecule has 0 fully saturated rings. The van der Waals surface area contributed by atoms with Crippen LogP contribution in [0.3, 0.4) is 0 Å². The molecular weight excluding hydrogens is 277 g/mol. The van der Waals surface area contributed by atoms with E-state index in [1.54, 1.807) is 6.92 Å². The van der Waals surface area contributed by atoms with Crippen LogP contribution in [0.5, 0.6) is 5.75 Å². The van der Waals surface area contributed by atoms with Gasteiger partial charge in [0.1, 0.15) is 19.2 Å². The Morgan fingerprint density at radius 1 is 1.20 bits per heavy atom. The number of phosphoric acid groups is 1. The summed E-state index contributed by atoms with van der Waals surface area (Å²) in [6.07, 6.45) is 0. The molecule has 0 saturated heterocycles. The molecule has 98 valence electrons. The van der Waals surface area contributed by atoms with E-state index < -0.39 is 13.4 Å². The van der Waals surface area contributed by atoms with Gasteiger partial charge in [0, 0.05) is 17.5 Å². The number of rotatable bonds is 2. The minimum Gasteiger partial charge on any atom is -0.780 e. The molecule has 0 radical (unpaired) electrons. The summed E-state index contributed by atoms with van der Waals surface area (Å²) < 4.78 is 19.5. The van der Waals surface area contributed by atoms with E-state index in [0.717, 1.165) is 0 Å². The van der Waals surface area contributed by atoms with Crippen molar-refractivity contribution in [3.05, 3.63) is 40.2 Å². The molecule has 2 rings (SSSR count). The smallest absolute Gasteiger partial charge is 0.780 e. The molecule has 0 spiro atoms. The first-order valence-corrected chi connectivity index (χ1v) is 6.07. The second kappa shape index (κ2) is 8.09. The summed E-state index contributed by atoms with van der Waals surface area (Å²) in [5, 5.41) is 0.642. The molecule has 0 saturated carbocycles. The van der Waals surface area contributed by atoms with Crippen LogP contribution in [0.2, 0.25) is 0 Å². The van der Waals surface area contributed by atoms with Crippen molar-refractivity contribution in [3.63, 3.8) is 0 Å². The second-order valence-electron chi connectivity index (χ2n) is 3.44. The molecule has 1 aromatic heterocycles. The Balaban J connectivity index is 0. The zero-order chi connectivity index (χ0) is 12.6. The van der Waals surface area contributed by atoms with E-state index in [9.17, 15) is 19.1 Å². The van der Waals surface area contributed by atoms with Gasteiger partial charge >= 0.3 is 43.3 Å². The van der Waals surface area contributed by atoms with E-state index in [1.165, 1.54) is 24.3 Å². The molecule has 2 N–H and O–H groups in total. The second-order valence-corrected chi connectivity index (χ2v) is 4.52. The predicted molar refractivity (Wildman–Crippen MR) is 59.1 cm³/mol. The van der Waals surface area contributed by atoms with E-state index in [4.69, 9.17) is 4.42 Å². The van der Waals surface area contributed by atoms with Gasteiger partial charge in [-0.1, -0.05) is 0 Å². The molecule has 0 amide bonds. The van der Waals surface area contributed by atoms with Gasteiger partial charge in [-0.2, -0.15) is 0 Å². The summed E-state index contributed by atoms with van der Waals surface area (Å²) in [7, 11) is -5.11. The van der Waals surface area contributed by atoms with E-state index in [0.29, 0.717) is 10.9 Å². The third kappa shape index (κ3) is 5.50. The Hall–Kier alpha value is -0.465. The maximum atomic E-state index is 11.1. The minimum absolute atomic E-state index is 0. The van der Waals surface area contributed by atoms with Crippen molar-refractivity contribution in [2.45, 2.75) is 6.92 Å².